The highest BCUT2D eigenvalue weighted by Crippen LogP contribution is 2.38. The number of fused-ring (bicyclic) bond motifs is 1. The predicted octanol–water partition coefficient (Wildman–Crippen LogP) is 4.52. The minimum absolute atomic E-state index is 0.000163. The monoisotopic (exact) mass is 511 g/mol. The Bertz CT molecular complexity index is 1500. The molecule has 0 saturated heterocycles. The van der Waals surface area contributed by atoms with Crippen molar-refractivity contribution in [3.63, 3.8) is 0 Å². The molecule has 0 aliphatic heterocycles. The van der Waals surface area contributed by atoms with Crippen molar-refractivity contribution >= 4 is 38.5 Å². The Morgan fingerprint density at radius 1 is 1.06 bits per heavy atom. The summed E-state index contributed by atoms with van der Waals surface area (Å²) in [5.41, 5.74) is -2.60. The minimum Gasteiger partial charge on any atom is -0.386 e. The number of sulfonamides is 1. The van der Waals surface area contributed by atoms with Crippen molar-refractivity contribution in [2.24, 2.45) is 0 Å². The first-order chi connectivity index (χ1) is 15.8. The number of aliphatic hydroxyl groups is 1. The standard InChI is InChI=1S/C21H17ClF3N5O3S/c1-20(2,31)14-7-6-13(11-15(14)21(23,24)25)34(32,33)28-16-8-5-12(22)10-18(16)30-17-4-3-9-26-19(17)27-29-30/h3-11,28,31H,1-2H3. The zero-order chi connectivity index (χ0) is 24.9. The molecular formula is C21H17ClF3N5O3S. The fraction of sp³-hybridized carbons (Fsp3) is 0.190. The molecule has 2 N–H and O–H groups in total. The van der Waals surface area contributed by atoms with Crippen molar-refractivity contribution in [3.05, 3.63) is 70.9 Å². The Kier molecular flexibility index (Phi) is 5.78. The molecule has 2 heterocycles. The van der Waals surface area contributed by atoms with Gasteiger partial charge in [0, 0.05) is 11.2 Å². The average molecular weight is 512 g/mol. The van der Waals surface area contributed by atoms with E-state index in [1.807, 2.05) is 0 Å². The number of hydrogen-bond acceptors (Lipinski definition) is 6. The number of hydrogen-bond donors (Lipinski definition) is 2. The lowest BCUT2D eigenvalue weighted by Gasteiger charge is -2.23. The number of pyridine rings is 1. The maximum Gasteiger partial charge on any atom is 0.416 e. The molecule has 2 aromatic heterocycles. The van der Waals surface area contributed by atoms with Gasteiger partial charge in [0.05, 0.1) is 27.4 Å². The van der Waals surface area contributed by atoms with Gasteiger partial charge in [0.1, 0.15) is 5.52 Å². The first-order valence-corrected chi connectivity index (χ1v) is 11.6. The molecule has 2 aromatic carbocycles. The first kappa shape index (κ1) is 23.9. The Morgan fingerprint density at radius 3 is 2.47 bits per heavy atom. The molecule has 0 amide bonds. The molecule has 0 spiro atoms. The summed E-state index contributed by atoms with van der Waals surface area (Å²) in [4.78, 5) is 3.43. The summed E-state index contributed by atoms with van der Waals surface area (Å²) in [6, 6.07) is 9.92. The van der Waals surface area contributed by atoms with Crippen LogP contribution in [0.3, 0.4) is 0 Å². The Hall–Kier alpha value is -3.22. The van der Waals surface area contributed by atoms with Crippen molar-refractivity contribution in [2.45, 2.75) is 30.5 Å². The van der Waals surface area contributed by atoms with Gasteiger partial charge in [-0.1, -0.05) is 22.9 Å². The van der Waals surface area contributed by atoms with Gasteiger partial charge in [-0.15, -0.1) is 5.10 Å². The van der Waals surface area contributed by atoms with Crippen LogP contribution in [0.1, 0.15) is 25.0 Å². The van der Waals surface area contributed by atoms with Crippen LogP contribution in [0.5, 0.6) is 0 Å². The maximum absolute atomic E-state index is 13.7. The van der Waals surface area contributed by atoms with Crippen molar-refractivity contribution in [1.29, 1.82) is 0 Å². The zero-order valence-electron chi connectivity index (χ0n) is 17.7. The first-order valence-electron chi connectivity index (χ1n) is 9.71. The number of nitrogens with zero attached hydrogens (tertiary/aromatic N) is 4. The van der Waals surface area contributed by atoms with E-state index in [1.165, 1.54) is 42.9 Å². The molecule has 8 nitrogen and oxygen atoms in total. The zero-order valence-corrected chi connectivity index (χ0v) is 19.2. The quantitative estimate of drug-likeness (QED) is 0.408. The Morgan fingerprint density at radius 2 is 1.79 bits per heavy atom. The molecule has 13 heteroatoms. The molecule has 0 aliphatic carbocycles. The molecule has 0 bridgehead atoms. The third kappa shape index (κ3) is 4.56. The summed E-state index contributed by atoms with van der Waals surface area (Å²) < 4.78 is 70.7. The van der Waals surface area contributed by atoms with Gasteiger partial charge in [-0.25, -0.2) is 18.1 Å². The van der Waals surface area contributed by atoms with Crippen LogP contribution in [-0.4, -0.2) is 33.5 Å². The van der Waals surface area contributed by atoms with E-state index in [-0.39, 0.29) is 16.4 Å². The van der Waals surface area contributed by atoms with Gasteiger partial charge < -0.3 is 5.11 Å². The van der Waals surface area contributed by atoms with Crippen LogP contribution in [0.15, 0.2) is 59.6 Å². The van der Waals surface area contributed by atoms with E-state index in [9.17, 15) is 26.7 Å². The minimum atomic E-state index is -4.89. The van der Waals surface area contributed by atoms with Gasteiger partial charge in [0.2, 0.25) is 5.65 Å². The normalized spacial score (nSPS) is 12.8. The Labute approximate surface area is 197 Å². The van der Waals surface area contributed by atoms with E-state index < -0.39 is 37.8 Å². The van der Waals surface area contributed by atoms with Crippen LogP contribution in [0, 0.1) is 0 Å². The number of aromatic nitrogens is 4. The number of halogens is 4. The van der Waals surface area contributed by atoms with Gasteiger partial charge in [0.25, 0.3) is 10.0 Å². The smallest absolute Gasteiger partial charge is 0.386 e. The average Bonchev–Trinajstić information content (AvgIpc) is 3.17. The highest BCUT2D eigenvalue weighted by molar-refractivity contribution is 7.92. The van der Waals surface area contributed by atoms with Crippen molar-refractivity contribution in [3.8, 4) is 5.69 Å². The summed E-state index contributed by atoms with van der Waals surface area (Å²) in [6.07, 6.45) is -3.38. The number of benzene rings is 2. The van der Waals surface area contributed by atoms with E-state index in [4.69, 9.17) is 11.6 Å². The van der Waals surface area contributed by atoms with Crippen molar-refractivity contribution < 1.29 is 26.7 Å². The van der Waals surface area contributed by atoms with Gasteiger partial charge in [-0.2, -0.15) is 13.2 Å². The van der Waals surface area contributed by atoms with E-state index in [0.29, 0.717) is 17.2 Å². The van der Waals surface area contributed by atoms with Crippen molar-refractivity contribution in [1.82, 2.24) is 20.0 Å². The van der Waals surface area contributed by atoms with Gasteiger partial charge in [0.15, 0.2) is 0 Å². The van der Waals surface area contributed by atoms with E-state index >= 15 is 0 Å². The second-order valence-corrected chi connectivity index (χ2v) is 10.00. The SMILES string of the molecule is CC(C)(O)c1ccc(S(=O)(=O)Nc2ccc(Cl)cc2-n2nnc3ncccc32)cc1C(F)(F)F. The molecule has 34 heavy (non-hydrogen) atoms. The molecule has 0 unspecified atom stereocenters. The lowest BCUT2D eigenvalue weighted by Crippen LogP contribution is -2.23. The molecule has 0 fully saturated rings. The number of rotatable bonds is 5. The van der Waals surface area contributed by atoms with Gasteiger partial charge in [-0.05, 0) is 61.9 Å². The summed E-state index contributed by atoms with van der Waals surface area (Å²) >= 11 is 6.10. The largest absolute Gasteiger partial charge is 0.416 e. The van der Waals surface area contributed by atoms with Crippen LogP contribution in [0.2, 0.25) is 5.02 Å². The fourth-order valence-corrected chi connectivity index (χ4v) is 4.64. The van der Waals surface area contributed by atoms with Crippen LogP contribution < -0.4 is 4.72 Å². The molecule has 0 radical (unpaired) electrons. The summed E-state index contributed by atoms with van der Waals surface area (Å²) in [6.45, 7) is 2.36. The molecular weight excluding hydrogens is 495 g/mol. The third-order valence-electron chi connectivity index (χ3n) is 4.92. The molecule has 4 rings (SSSR count). The second-order valence-electron chi connectivity index (χ2n) is 7.88. The lowest BCUT2D eigenvalue weighted by molar-refractivity contribution is -0.140. The van der Waals surface area contributed by atoms with Crippen LogP contribution >= 0.6 is 11.6 Å². The number of nitrogens with one attached hydrogen (secondary N) is 1. The molecule has 4 aromatic rings. The van der Waals surface area contributed by atoms with E-state index in [2.05, 4.69) is 20.0 Å². The molecule has 0 aliphatic rings. The van der Waals surface area contributed by atoms with E-state index in [0.717, 1.165) is 12.1 Å². The third-order valence-corrected chi connectivity index (χ3v) is 6.52. The van der Waals surface area contributed by atoms with Gasteiger partial charge >= 0.3 is 6.18 Å². The highest BCUT2D eigenvalue weighted by Gasteiger charge is 2.38. The fourth-order valence-electron chi connectivity index (χ4n) is 3.37. The Balaban J connectivity index is 1.81. The van der Waals surface area contributed by atoms with Gasteiger partial charge in [-0.3, -0.25) is 4.72 Å². The predicted molar refractivity (Wildman–Crippen MR) is 119 cm³/mol. The summed E-state index contributed by atoms with van der Waals surface area (Å²) in [5.74, 6) is 0. The van der Waals surface area contributed by atoms with Crippen LogP contribution in [0.25, 0.3) is 16.9 Å². The van der Waals surface area contributed by atoms with E-state index in [1.54, 1.807) is 12.1 Å². The topological polar surface area (TPSA) is 110 Å². The van der Waals surface area contributed by atoms with Crippen molar-refractivity contribution in [2.75, 3.05) is 4.72 Å². The number of anilines is 1. The second kappa shape index (κ2) is 8.22. The number of alkyl halides is 3. The molecule has 178 valence electrons. The summed E-state index contributed by atoms with van der Waals surface area (Å²) in [7, 11) is -4.49. The molecule has 0 atom stereocenters. The molecule has 0 saturated carbocycles. The van der Waals surface area contributed by atoms with Crippen LogP contribution in [-0.2, 0) is 21.8 Å². The summed E-state index contributed by atoms with van der Waals surface area (Å²) in [5, 5.41) is 18.3. The lowest BCUT2D eigenvalue weighted by atomic mass is 9.93. The van der Waals surface area contributed by atoms with Crippen LogP contribution in [0.4, 0.5) is 18.9 Å². The maximum atomic E-state index is 13.7. The highest BCUT2D eigenvalue weighted by atomic mass is 35.5.